The minimum Gasteiger partial charge on any atom is -0.508 e. The zero-order chi connectivity index (χ0) is 19.6. The number of benzene rings is 3. The SMILES string of the molecule is NS(=O)(=O)c1ccc(CCNC(=O)c2cc3cc(O)ccc3cc2O)cc1. The molecular weight excluding hydrogens is 368 g/mol. The molecule has 1 amide bonds. The van der Waals surface area contributed by atoms with Crippen molar-refractivity contribution < 1.29 is 23.4 Å². The molecule has 0 aromatic heterocycles. The largest absolute Gasteiger partial charge is 0.508 e. The third kappa shape index (κ3) is 4.36. The number of phenolic OH excluding ortho intramolecular Hbond substituents is 2. The van der Waals surface area contributed by atoms with Crippen molar-refractivity contribution in [1.29, 1.82) is 0 Å². The predicted octanol–water partition coefficient (Wildman–Crippen LogP) is 1.87. The summed E-state index contributed by atoms with van der Waals surface area (Å²) in [7, 11) is -3.73. The normalized spacial score (nSPS) is 11.4. The van der Waals surface area contributed by atoms with E-state index in [1.165, 1.54) is 36.4 Å². The standard InChI is InChI=1S/C19H18N2O5S/c20-27(25,26)16-5-1-12(2-6-16)7-8-21-19(24)17-10-14-9-15(22)4-3-13(14)11-18(17)23/h1-6,9-11,22-23H,7-8H2,(H,21,24)(H2,20,25,26). The second kappa shape index (κ2) is 7.26. The maximum atomic E-state index is 12.3. The Morgan fingerprint density at radius 1 is 0.963 bits per heavy atom. The summed E-state index contributed by atoms with van der Waals surface area (Å²) >= 11 is 0. The van der Waals surface area contributed by atoms with E-state index in [0.717, 1.165) is 5.56 Å². The van der Waals surface area contributed by atoms with Crippen molar-refractivity contribution in [3.8, 4) is 11.5 Å². The number of carbonyl (C=O) groups is 1. The number of rotatable bonds is 5. The molecule has 0 aliphatic carbocycles. The predicted molar refractivity (Wildman–Crippen MR) is 101 cm³/mol. The highest BCUT2D eigenvalue weighted by Crippen LogP contribution is 2.27. The van der Waals surface area contributed by atoms with Gasteiger partial charge in [0, 0.05) is 6.54 Å². The van der Waals surface area contributed by atoms with Crippen molar-refractivity contribution in [2.24, 2.45) is 5.14 Å². The van der Waals surface area contributed by atoms with Crippen LogP contribution in [0.2, 0.25) is 0 Å². The van der Waals surface area contributed by atoms with Crippen LogP contribution in [0.5, 0.6) is 11.5 Å². The third-order valence-electron chi connectivity index (χ3n) is 4.13. The minimum atomic E-state index is -3.73. The van der Waals surface area contributed by atoms with Gasteiger partial charge in [-0.15, -0.1) is 0 Å². The van der Waals surface area contributed by atoms with Gasteiger partial charge in [0.1, 0.15) is 11.5 Å². The van der Waals surface area contributed by atoms with Crippen LogP contribution in [0.15, 0.2) is 59.5 Å². The van der Waals surface area contributed by atoms with E-state index in [1.54, 1.807) is 18.2 Å². The molecule has 0 saturated heterocycles. The fourth-order valence-corrected chi connectivity index (χ4v) is 3.23. The lowest BCUT2D eigenvalue weighted by Crippen LogP contribution is -2.25. The highest BCUT2D eigenvalue weighted by molar-refractivity contribution is 7.89. The molecule has 140 valence electrons. The van der Waals surface area contributed by atoms with E-state index in [4.69, 9.17) is 5.14 Å². The van der Waals surface area contributed by atoms with Crippen molar-refractivity contribution in [3.05, 3.63) is 65.7 Å². The molecular formula is C19H18N2O5S. The van der Waals surface area contributed by atoms with Crippen LogP contribution in [0.1, 0.15) is 15.9 Å². The average Bonchev–Trinajstić information content (AvgIpc) is 2.61. The lowest BCUT2D eigenvalue weighted by molar-refractivity contribution is 0.0951. The zero-order valence-electron chi connectivity index (χ0n) is 14.2. The molecule has 0 saturated carbocycles. The summed E-state index contributed by atoms with van der Waals surface area (Å²) in [4.78, 5) is 12.4. The highest BCUT2D eigenvalue weighted by atomic mass is 32.2. The van der Waals surface area contributed by atoms with Crippen molar-refractivity contribution in [2.75, 3.05) is 6.54 Å². The van der Waals surface area contributed by atoms with Gasteiger partial charge in [-0.3, -0.25) is 4.79 Å². The molecule has 0 heterocycles. The number of sulfonamides is 1. The topological polar surface area (TPSA) is 130 Å². The first-order chi connectivity index (χ1) is 12.7. The highest BCUT2D eigenvalue weighted by Gasteiger charge is 2.13. The second-order valence-electron chi connectivity index (χ2n) is 6.10. The fraction of sp³-hybridized carbons (Fsp3) is 0.105. The monoisotopic (exact) mass is 386 g/mol. The average molecular weight is 386 g/mol. The Bertz CT molecular complexity index is 1110. The quantitative estimate of drug-likeness (QED) is 0.532. The number of amides is 1. The minimum absolute atomic E-state index is 0.0274. The van der Waals surface area contributed by atoms with Crippen LogP contribution in [-0.4, -0.2) is 31.1 Å². The Labute approximate surface area is 156 Å². The van der Waals surface area contributed by atoms with E-state index in [9.17, 15) is 23.4 Å². The smallest absolute Gasteiger partial charge is 0.255 e. The van der Waals surface area contributed by atoms with E-state index in [2.05, 4.69) is 5.32 Å². The lowest BCUT2D eigenvalue weighted by atomic mass is 10.0. The van der Waals surface area contributed by atoms with Gasteiger partial charge in [-0.05, 0) is 59.2 Å². The van der Waals surface area contributed by atoms with Crippen LogP contribution >= 0.6 is 0 Å². The molecule has 3 rings (SSSR count). The molecule has 0 aliphatic heterocycles. The molecule has 7 nitrogen and oxygen atoms in total. The third-order valence-corrected chi connectivity index (χ3v) is 5.06. The number of aromatic hydroxyl groups is 2. The summed E-state index contributed by atoms with van der Waals surface area (Å²) in [6.07, 6.45) is 0.478. The maximum absolute atomic E-state index is 12.3. The molecule has 8 heteroatoms. The van der Waals surface area contributed by atoms with E-state index >= 15 is 0 Å². The number of phenols is 2. The van der Waals surface area contributed by atoms with Gasteiger partial charge in [-0.2, -0.15) is 0 Å². The first-order valence-corrected chi connectivity index (χ1v) is 9.64. The zero-order valence-corrected chi connectivity index (χ0v) is 15.0. The van der Waals surface area contributed by atoms with Gasteiger partial charge in [0.15, 0.2) is 0 Å². The molecule has 5 N–H and O–H groups in total. The molecule has 27 heavy (non-hydrogen) atoms. The van der Waals surface area contributed by atoms with Crippen molar-refractivity contribution >= 4 is 26.7 Å². The van der Waals surface area contributed by atoms with Crippen LogP contribution in [-0.2, 0) is 16.4 Å². The number of primary sulfonamides is 1. The van der Waals surface area contributed by atoms with Gasteiger partial charge < -0.3 is 15.5 Å². The number of fused-ring (bicyclic) bond motifs is 1. The number of hydrogen-bond acceptors (Lipinski definition) is 5. The number of nitrogens with two attached hydrogens (primary N) is 1. The molecule has 0 radical (unpaired) electrons. The Hall–Kier alpha value is -3.10. The van der Waals surface area contributed by atoms with Gasteiger partial charge in [-0.25, -0.2) is 13.6 Å². The van der Waals surface area contributed by atoms with E-state index < -0.39 is 15.9 Å². The van der Waals surface area contributed by atoms with Crippen LogP contribution in [0.3, 0.4) is 0 Å². The Morgan fingerprint density at radius 3 is 2.33 bits per heavy atom. The Kier molecular flexibility index (Phi) is 5.02. The van der Waals surface area contributed by atoms with E-state index in [-0.39, 0.29) is 22.0 Å². The van der Waals surface area contributed by atoms with Crippen LogP contribution in [0.4, 0.5) is 0 Å². The number of hydrogen-bond donors (Lipinski definition) is 4. The number of carbonyl (C=O) groups excluding carboxylic acids is 1. The Balaban J connectivity index is 1.67. The molecule has 0 spiro atoms. The van der Waals surface area contributed by atoms with E-state index in [1.807, 2.05) is 0 Å². The first kappa shape index (κ1) is 18.7. The summed E-state index contributed by atoms with van der Waals surface area (Å²) < 4.78 is 22.5. The van der Waals surface area contributed by atoms with Gasteiger partial charge >= 0.3 is 0 Å². The molecule has 0 unspecified atom stereocenters. The van der Waals surface area contributed by atoms with Gasteiger partial charge in [0.2, 0.25) is 10.0 Å². The van der Waals surface area contributed by atoms with Crippen LogP contribution in [0.25, 0.3) is 10.8 Å². The molecule has 3 aromatic rings. The summed E-state index contributed by atoms with van der Waals surface area (Å²) in [5.74, 6) is -0.524. The van der Waals surface area contributed by atoms with E-state index in [0.29, 0.717) is 23.7 Å². The first-order valence-electron chi connectivity index (χ1n) is 8.10. The van der Waals surface area contributed by atoms with Crippen LogP contribution < -0.4 is 10.5 Å². The molecule has 3 aromatic carbocycles. The summed E-state index contributed by atoms with van der Waals surface area (Å²) in [5, 5.41) is 28.7. The second-order valence-corrected chi connectivity index (χ2v) is 7.66. The fourth-order valence-electron chi connectivity index (χ4n) is 2.72. The summed E-state index contributed by atoms with van der Waals surface area (Å²) in [6, 6.07) is 13.7. The number of nitrogens with one attached hydrogen (secondary N) is 1. The Morgan fingerprint density at radius 2 is 1.67 bits per heavy atom. The molecule has 0 bridgehead atoms. The molecule has 0 atom stereocenters. The summed E-state index contributed by atoms with van der Waals surface area (Å²) in [5.41, 5.74) is 0.938. The van der Waals surface area contributed by atoms with Gasteiger partial charge in [-0.1, -0.05) is 18.2 Å². The molecule has 0 aliphatic rings. The van der Waals surface area contributed by atoms with Crippen molar-refractivity contribution in [2.45, 2.75) is 11.3 Å². The van der Waals surface area contributed by atoms with Crippen molar-refractivity contribution in [1.82, 2.24) is 5.32 Å². The van der Waals surface area contributed by atoms with Crippen molar-refractivity contribution in [3.63, 3.8) is 0 Å². The van der Waals surface area contributed by atoms with Crippen LogP contribution in [0, 0.1) is 0 Å². The maximum Gasteiger partial charge on any atom is 0.255 e. The van der Waals surface area contributed by atoms with Gasteiger partial charge in [0.05, 0.1) is 10.5 Å². The van der Waals surface area contributed by atoms with Gasteiger partial charge in [0.25, 0.3) is 5.91 Å². The lowest BCUT2D eigenvalue weighted by Gasteiger charge is -2.09. The molecule has 0 fully saturated rings. The summed E-state index contributed by atoms with van der Waals surface area (Å²) in [6.45, 7) is 0.297.